The second kappa shape index (κ2) is 11.7. The average molecular weight is 595 g/mol. The third-order valence-corrected chi connectivity index (χ3v) is 10.3. The van der Waals surface area contributed by atoms with Crippen molar-refractivity contribution in [3.63, 3.8) is 0 Å². The van der Waals surface area contributed by atoms with Gasteiger partial charge in [0.15, 0.2) is 0 Å². The number of aryl methyl sites for hydroxylation is 4. The maximum atomic E-state index is 10.6. The number of benzene rings is 4. The minimum atomic E-state index is -0.459. The summed E-state index contributed by atoms with van der Waals surface area (Å²) in [6.07, 6.45) is 0. The van der Waals surface area contributed by atoms with E-state index in [1.54, 1.807) is 0 Å². The first-order chi connectivity index (χ1) is 20.4. The topological polar surface area (TPSA) is 80.9 Å². The average Bonchev–Trinajstić information content (AvgIpc) is 2.97. The van der Waals surface area contributed by atoms with Gasteiger partial charge in [-0.2, -0.15) is 0 Å². The molecule has 0 fully saturated rings. The van der Waals surface area contributed by atoms with Crippen LogP contribution in [0.4, 0.5) is 0 Å². The predicted octanol–water partition coefficient (Wildman–Crippen LogP) is 8.60. The molecule has 0 amide bonds. The lowest BCUT2D eigenvalue weighted by Gasteiger charge is -2.36. The maximum absolute atomic E-state index is 10.6. The minimum Gasteiger partial charge on any atom is -0.507 e. The van der Waals surface area contributed by atoms with Crippen LogP contribution in [0.2, 0.25) is 0 Å². The van der Waals surface area contributed by atoms with E-state index in [0.717, 1.165) is 33.4 Å². The van der Waals surface area contributed by atoms with Crippen LogP contribution in [0.1, 0.15) is 114 Å². The van der Waals surface area contributed by atoms with E-state index in [4.69, 9.17) is 0 Å². The normalized spacial score (nSPS) is 12.6. The van der Waals surface area contributed by atoms with Gasteiger partial charge in [-0.25, -0.2) is 0 Å². The number of hydrogen-bond acceptors (Lipinski definition) is 4. The van der Waals surface area contributed by atoms with Crippen LogP contribution in [0.3, 0.4) is 0 Å². The van der Waals surface area contributed by atoms with Gasteiger partial charge in [0.2, 0.25) is 0 Å². The second-order valence-electron chi connectivity index (χ2n) is 14.3. The first-order valence-electron chi connectivity index (χ1n) is 15.5. The van der Waals surface area contributed by atoms with Gasteiger partial charge in [0.1, 0.15) is 11.5 Å². The highest BCUT2D eigenvalue weighted by molar-refractivity contribution is 5.55. The molecule has 4 rings (SSSR count). The molecule has 0 bridgehead atoms. The Labute approximate surface area is 264 Å². The molecule has 44 heavy (non-hydrogen) atoms. The van der Waals surface area contributed by atoms with E-state index in [1.807, 2.05) is 38.1 Å². The van der Waals surface area contributed by atoms with Crippen LogP contribution >= 0.6 is 0 Å². The first kappa shape index (κ1) is 33.3. The Kier molecular flexibility index (Phi) is 8.87. The Hall–Kier alpha value is -3.60. The lowest BCUT2D eigenvalue weighted by Crippen LogP contribution is -2.27. The Morgan fingerprint density at radius 1 is 0.409 bits per heavy atom. The Bertz CT molecular complexity index is 1610. The fourth-order valence-corrected chi connectivity index (χ4v) is 6.27. The van der Waals surface area contributed by atoms with Gasteiger partial charge in [0, 0.05) is 27.4 Å². The predicted molar refractivity (Wildman–Crippen MR) is 181 cm³/mol. The highest BCUT2D eigenvalue weighted by atomic mass is 16.3. The molecule has 0 saturated carbocycles. The van der Waals surface area contributed by atoms with Crippen LogP contribution in [0.5, 0.6) is 11.5 Å². The van der Waals surface area contributed by atoms with Crippen molar-refractivity contribution >= 4 is 0 Å². The van der Waals surface area contributed by atoms with Gasteiger partial charge in [0.25, 0.3) is 0 Å². The SMILES string of the molecule is Cc1cc(C(C)(C)c2cc(C(C)(C)c3cc(C)c(O)c(CO)c3)cc(C(C)(C)c3cc(C)c(O)c(CO)c3)c2)cc(C)c1C. The zero-order valence-electron chi connectivity index (χ0n) is 28.4. The molecule has 4 heteroatoms. The molecule has 0 unspecified atom stereocenters. The monoisotopic (exact) mass is 594 g/mol. The molecule has 0 heterocycles. The second-order valence-corrected chi connectivity index (χ2v) is 14.3. The molecule has 0 saturated heterocycles. The minimum absolute atomic E-state index is 0.135. The third kappa shape index (κ3) is 5.78. The summed E-state index contributed by atoms with van der Waals surface area (Å²) < 4.78 is 0. The smallest absolute Gasteiger partial charge is 0.124 e. The third-order valence-electron chi connectivity index (χ3n) is 10.3. The van der Waals surface area contributed by atoms with Crippen molar-refractivity contribution in [2.45, 2.75) is 106 Å². The molecule has 0 aromatic heterocycles. The summed E-state index contributed by atoms with van der Waals surface area (Å²) in [6.45, 7) is 23.1. The standard InChI is InChI=1S/C40H50O4/c1-23-12-30(13-24(2)27(23)5)38(6,7)33-18-34(39(8,9)31-14-25(3)36(43)28(16-31)21-41)20-35(19-33)40(10,11)32-15-26(4)37(44)29(17-32)22-42/h12-20,41-44H,21-22H2,1-11H3. The number of phenols is 2. The molecule has 0 aliphatic heterocycles. The quantitative estimate of drug-likeness (QED) is 0.165. The van der Waals surface area contributed by atoms with Gasteiger partial charge < -0.3 is 20.4 Å². The Morgan fingerprint density at radius 3 is 0.955 bits per heavy atom. The molecule has 0 atom stereocenters. The van der Waals surface area contributed by atoms with Crippen LogP contribution < -0.4 is 0 Å². The largest absolute Gasteiger partial charge is 0.507 e. The van der Waals surface area contributed by atoms with E-state index in [-0.39, 0.29) is 30.1 Å². The van der Waals surface area contributed by atoms with Gasteiger partial charge in [-0.05, 0) is 108 Å². The number of aliphatic hydroxyl groups excluding tert-OH is 2. The van der Waals surface area contributed by atoms with Gasteiger partial charge in [-0.15, -0.1) is 0 Å². The molecule has 4 N–H and O–H groups in total. The van der Waals surface area contributed by atoms with Crippen molar-refractivity contribution in [3.8, 4) is 11.5 Å². The molecular formula is C40H50O4. The number of aromatic hydroxyl groups is 2. The van der Waals surface area contributed by atoms with Crippen molar-refractivity contribution in [3.05, 3.63) is 127 Å². The summed E-state index contributed by atoms with van der Waals surface area (Å²) in [4.78, 5) is 0. The zero-order chi connectivity index (χ0) is 32.9. The van der Waals surface area contributed by atoms with Gasteiger partial charge in [-0.1, -0.05) is 84.0 Å². The van der Waals surface area contributed by atoms with Crippen molar-refractivity contribution in [1.82, 2.24) is 0 Å². The van der Waals surface area contributed by atoms with Gasteiger partial charge >= 0.3 is 0 Å². The zero-order valence-corrected chi connectivity index (χ0v) is 28.4. The Balaban J connectivity index is 2.03. The van der Waals surface area contributed by atoms with E-state index in [0.29, 0.717) is 11.1 Å². The highest BCUT2D eigenvalue weighted by Crippen LogP contribution is 2.44. The van der Waals surface area contributed by atoms with E-state index in [2.05, 4.69) is 92.6 Å². The van der Waals surface area contributed by atoms with Crippen molar-refractivity contribution < 1.29 is 20.4 Å². The number of rotatable bonds is 8. The summed E-state index contributed by atoms with van der Waals surface area (Å²) in [7, 11) is 0. The fraction of sp³-hybridized carbons (Fsp3) is 0.400. The van der Waals surface area contributed by atoms with Crippen LogP contribution in [-0.4, -0.2) is 20.4 Å². The van der Waals surface area contributed by atoms with Crippen molar-refractivity contribution in [1.29, 1.82) is 0 Å². The van der Waals surface area contributed by atoms with E-state index >= 15 is 0 Å². The van der Waals surface area contributed by atoms with Crippen LogP contribution in [0.15, 0.2) is 54.6 Å². The lowest BCUT2D eigenvalue weighted by molar-refractivity contribution is 0.274. The van der Waals surface area contributed by atoms with E-state index in [1.165, 1.54) is 27.8 Å². The maximum Gasteiger partial charge on any atom is 0.124 e. The van der Waals surface area contributed by atoms with Gasteiger partial charge in [0.05, 0.1) is 13.2 Å². The molecule has 4 aromatic rings. The van der Waals surface area contributed by atoms with Crippen molar-refractivity contribution in [2.24, 2.45) is 0 Å². The Morgan fingerprint density at radius 2 is 0.659 bits per heavy atom. The van der Waals surface area contributed by atoms with E-state index in [9.17, 15) is 20.4 Å². The van der Waals surface area contributed by atoms with E-state index < -0.39 is 10.8 Å². The fourth-order valence-electron chi connectivity index (χ4n) is 6.27. The summed E-state index contributed by atoms with van der Waals surface area (Å²) >= 11 is 0. The molecule has 234 valence electrons. The van der Waals surface area contributed by atoms with Crippen LogP contribution in [-0.2, 0) is 29.5 Å². The molecule has 0 spiro atoms. The molecule has 0 aliphatic rings. The first-order valence-corrected chi connectivity index (χ1v) is 15.5. The number of hydrogen-bond donors (Lipinski definition) is 4. The molecule has 0 aliphatic carbocycles. The molecule has 4 nitrogen and oxygen atoms in total. The molecule has 4 aromatic carbocycles. The summed E-state index contributed by atoms with van der Waals surface area (Å²) in [5, 5.41) is 41.2. The summed E-state index contributed by atoms with van der Waals surface area (Å²) in [5.41, 5.74) is 11.9. The van der Waals surface area contributed by atoms with Crippen LogP contribution in [0, 0.1) is 34.6 Å². The summed E-state index contributed by atoms with van der Waals surface area (Å²) in [6, 6.07) is 19.4. The number of aliphatic hydroxyl groups is 2. The highest BCUT2D eigenvalue weighted by Gasteiger charge is 2.33. The molecular weight excluding hydrogens is 544 g/mol. The van der Waals surface area contributed by atoms with Crippen LogP contribution in [0.25, 0.3) is 0 Å². The summed E-state index contributed by atoms with van der Waals surface area (Å²) in [5.74, 6) is 0.271. The van der Waals surface area contributed by atoms with Gasteiger partial charge in [-0.3, -0.25) is 0 Å². The van der Waals surface area contributed by atoms with Crippen molar-refractivity contribution in [2.75, 3.05) is 0 Å². The molecule has 0 radical (unpaired) electrons. The lowest BCUT2D eigenvalue weighted by atomic mass is 9.68.